The second kappa shape index (κ2) is 3.81. The second-order valence-corrected chi connectivity index (χ2v) is 4.54. The average Bonchev–Trinajstić information content (AvgIpc) is 2.46. The summed E-state index contributed by atoms with van der Waals surface area (Å²) in [5.41, 5.74) is 3.65. The molecule has 0 amide bonds. The highest BCUT2D eigenvalue weighted by Gasteiger charge is 2.17. The molecule has 0 atom stereocenters. The fraction of sp³-hybridized carbons (Fsp3) is 0.200. The van der Waals surface area contributed by atoms with Gasteiger partial charge in [0.15, 0.2) is 5.75 Å². The first-order valence-corrected chi connectivity index (χ1v) is 5.81. The molecule has 2 nitrogen and oxygen atoms in total. The van der Waals surface area contributed by atoms with Gasteiger partial charge in [0.05, 0.1) is 5.69 Å². The third-order valence-corrected chi connectivity index (χ3v) is 3.12. The third-order valence-electron chi connectivity index (χ3n) is 3.12. The van der Waals surface area contributed by atoms with E-state index in [0.29, 0.717) is 0 Å². The topological polar surface area (TPSA) is 12.5 Å². The van der Waals surface area contributed by atoms with E-state index in [1.54, 1.807) is 0 Å². The van der Waals surface area contributed by atoms with Crippen LogP contribution < -0.4 is 9.64 Å². The lowest BCUT2D eigenvalue weighted by atomic mass is 10.1. The molecule has 0 aromatic heterocycles. The predicted molar refractivity (Wildman–Crippen MR) is 69.8 cm³/mol. The number of hydrogen-bond donors (Lipinski definition) is 0. The van der Waals surface area contributed by atoms with Crippen molar-refractivity contribution in [3.63, 3.8) is 0 Å². The van der Waals surface area contributed by atoms with Crippen LogP contribution in [0.25, 0.3) is 0 Å². The quantitative estimate of drug-likeness (QED) is 0.677. The summed E-state index contributed by atoms with van der Waals surface area (Å²) in [7, 11) is 2.10. The Bertz CT molecular complexity index is 563. The maximum atomic E-state index is 5.99. The zero-order valence-corrected chi connectivity index (χ0v) is 10.1. The fourth-order valence-electron chi connectivity index (χ4n) is 2.25. The van der Waals surface area contributed by atoms with Gasteiger partial charge in [-0.25, -0.2) is 0 Å². The number of nitrogens with zero attached hydrogens (tertiary/aromatic N) is 1. The lowest BCUT2D eigenvalue weighted by Crippen LogP contribution is -2.15. The standard InChI is InChI=1S/C15H15NO/c1-11-7-8-14-12(9-11)10-16(2)13-5-3-4-6-15(13)17-14/h3-9H,10H2,1-2H3. The summed E-state index contributed by atoms with van der Waals surface area (Å²) in [5, 5.41) is 0. The van der Waals surface area contributed by atoms with Crippen LogP contribution in [0.1, 0.15) is 11.1 Å². The Balaban J connectivity index is 2.13. The zero-order valence-electron chi connectivity index (χ0n) is 10.1. The van der Waals surface area contributed by atoms with Crippen LogP contribution in [0.2, 0.25) is 0 Å². The van der Waals surface area contributed by atoms with Gasteiger partial charge in [-0.15, -0.1) is 0 Å². The van der Waals surface area contributed by atoms with Gasteiger partial charge in [-0.2, -0.15) is 0 Å². The van der Waals surface area contributed by atoms with Gasteiger partial charge in [0.1, 0.15) is 5.75 Å². The molecule has 2 heteroatoms. The van der Waals surface area contributed by atoms with Crippen molar-refractivity contribution in [2.75, 3.05) is 11.9 Å². The average molecular weight is 225 g/mol. The molecule has 0 radical (unpaired) electrons. The van der Waals surface area contributed by atoms with Gasteiger partial charge < -0.3 is 9.64 Å². The Morgan fingerprint density at radius 2 is 1.88 bits per heavy atom. The number of benzene rings is 2. The monoisotopic (exact) mass is 225 g/mol. The van der Waals surface area contributed by atoms with Crippen LogP contribution in [0, 0.1) is 6.92 Å². The van der Waals surface area contributed by atoms with Crippen LogP contribution in [0.5, 0.6) is 11.5 Å². The van der Waals surface area contributed by atoms with Gasteiger partial charge in [-0.1, -0.05) is 29.8 Å². The zero-order chi connectivity index (χ0) is 11.8. The molecule has 2 aromatic carbocycles. The summed E-state index contributed by atoms with van der Waals surface area (Å²) in [6, 6.07) is 14.5. The number of aryl methyl sites for hydroxylation is 1. The number of hydrogen-bond acceptors (Lipinski definition) is 2. The molecule has 86 valence electrons. The molecular weight excluding hydrogens is 210 g/mol. The van der Waals surface area contributed by atoms with Crippen LogP contribution in [0.15, 0.2) is 42.5 Å². The lowest BCUT2D eigenvalue weighted by molar-refractivity contribution is 0.483. The highest BCUT2D eigenvalue weighted by molar-refractivity contribution is 5.62. The summed E-state index contributed by atoms with van der Waals surface area (Å²) in [6.07, 6.45) is 0. The minimum absolute atomic E-state index is 0.883. The molecule has 0 spiro atoms. The van der Waals surface area contributed by atoms with Crippen LogP contribution in [0.3, 0.4) is 0 Å². The molecule has 0 N–H and O–H groups in total. The SMILES string of the molecule is Cc1ccc2c(c1)CN(C)c1ccccc1O2. The van der Waals surface area contributed by atoms with Gasteiger partial charge in [-0.05, 0) is 25.1 Å². The van der Waals surface area contributed by atoms with Gasteiger partial charge >= 0.3 is 0 Å². The molecule has 3 rings (SSSR count). The van der Waals surface area contributed by atoms with Gasteiger partial charge in [0.25, 0.3) is 0 Å². The van der Waals surface area contributed by atoms with E-state index in [-0.39, 0.29) is 0 Å². The van der Waals surface area contributed by atoms with Crippen molar-refractivity contribution >= 4 is 5.69 Å². The molecule has 17 heavy (non-hydrogen) atoms. The van der Waals surface area contributed by atoms with E-state index in [1.165, 1.54) is 11.1 Å². The van der Waals surface area contributed by atoms with Gasteiger partial charge in [-0.3, -0.25) is 0 Å². The molecule has 2 aromatic rings. The van der Waals surface area contributed by atoms with E-state index in [2.05, 4.69) is 43.1 Å². The number of fused-ring (bicyclic) bond motifs is 2. The maximum absolute atomic E-state index is 5.99. The fourth-order valence-corrected chi connectivity index (χ4v) is 2.25. The van der Waals surface area contributed by atoms with Gasteiger partial charge in [0.2, 0.25) is 0 Å². The highest BCUT2D eigenvalue weighted by atomic mass is 16.5. The Morgan fingerprint density at radius 1 is 1.06 bits per heavy atom. The van der Waals surface area contributed by atoms with Crippen molar-refractivity contribution in [2.45, 2.75) is 13.5 Å². The molecule has 1 aliphatic rings. The largest absolute Gasteiger partial charge is 0.455 e. The van der Waals surface area contributed by atoms with Crippen molar-refractivity contribution in [1.82, 2.24) is 0 Å². The smallest absolute Gasteiger partial charge is 0.150 e. The Kier molecular flexibility index (Phi) is 2.29. The molecule has 0 unspecified atom stereocenters. The van der Waals surface area contributed by atoms with Crippen molar-refractivity contribution < 1.29 is 4.74 Å². The molecule has 0 aliphatic carbocycles. The molecule has 0 fully saturated rings. The van der Waals surface area contributed by atoms with E-state index in [9.17, 15) is 0 Å². The first-order chi connectivity index (χ1) is 8.24. The summed E-state index contributed by atoms with van der Waals surface area (Å²) in [5.74, 6) is 1.89. The minimum Gasteiger partial charge on any atom is -0.455 e. The van der Waals surface area contributed by atoms with Crippen molar-refractivity contribution in [3.8, 4) is 11.5 Å². The summed E-state index contributed by atoms with van der Waals surface area (Å²) >= 11 is 0. The highest BCUT2D eigenvalue weighted by Crippen LogP contribution is 2.38. The van der Waals surface area contributed by atoms with Crippen LogP contribution >= 0.6 is 0 Å². The summed E-state index contributed by atoms with van der Waals surface area (Å²) in [4.78, 5) is 2.22. The normalized spacial score (nSPS) is 13.4. The second-order valence-electron chi connectivity index (χ2n) is 4.54. The van der Waals surface area contributed by atoms with Crippen LogP contribution in [0.4, 0.5) is 5.69 Å². The van der Waals surface area contributed by atoms with E-state index in [1.807, 2.05) is 18.2 Å². The Morgan fingerprint density at radius 3 is 2.76 bits per heavy atom. The van der Waals surface area contributed by atoms with E-state index in [0.717, 1.165) is 23.7 Å². The first kappa shape index (κ1) is 10.2. The minimum atomic E-state index is 0.883. The van der Waals surface area contributed by atoms with Crippen LogP contribution in [-0.2, 0) is 6.54 Å². The van der Waals surface area contributed by atoms with E-state index >= 15 is 0 Å². The van der Waals surface area contributed by atoms with Gasteiger partial charge in [0, 0.05) is 19.2 Å². The molecule has 1 heterocycles. The van der Waals surface area contributed by atoms with E-state index < -0.39 is 0 Å². The Hall–Kier alpha value is -1.96. The summed E-state index contributed by atoms with van der Waals surface area (Å²) in [6.45, 7) is 2.99. The molecule has 0 bridgehead atoms. The number of ether oxygens (including phenoxy) is 1. The predicted octanol–water partition coefficient (Wildman–Crippen LogP) is 3.74. The van der Waals surface area contributed by atoms with Crippen LogP contribution in [-0.4, -0.2) is 7.05 Å². The maximum Gasteiger partial charge on any atom is 0.150 e. The van der Waals surface area contributed by atoms with E-state index in [4.69, 9.17) is 4.74 Å². The summed E-state index contributed by atoms with van der Waals surface area (Å²) < 4.78 is 5.99. The lowest BCUT2D eigenvalue weighted by Gasteiger charge is -2.17. The molecule has 0 saturated heterocycles. The van der Waals surface area contributed by atoms with Crippen molar-refractivity contribution in [3.05, 3.63) is 53.6 Å². The molecule has 1 aliphatic heterocycles. The number of para-hydroxylation sites is 2. The van der Waals surface area contributed by atoms with Crippen molar-refractivity contribution in [2.24, 2.45) is 0 Å². The molecular formula is C15H15NO. The Labute approximate surface area is 101 Å². The molecule has 0 saturated carbocycles. The van der Waals surface area contributed by atoms with Crippen molar-refractivity contribution in [1.29, 1.82) is 0 Å². The number of anilines is 1. The third kappa shape index (κ3) is 1.76. The first-order valence-electron chi connectivity index (χ1n) is 5.81. The number of rotatable bonds is 0.